The monoisotopic (exact) mass is 441 g/mol. The summed E-state index contributed by atoms with van der Waals surface area (Å²) in [6.07, 6.45) is 1.48. The van der Waals surface area contributed by atoms with Gasteiger partial charge < -0.3 is 9.64 Å². The molecule has 0 saturated carbocycles. The molecule has 3 aromatic carbocycles. The highest BCUT2D eigenvalue weighted by atomic mass is 16.5. The molecule has 3 aromatic rings. The van der Waals surface area contributed by atoms with Crippen LogP contribution < -0.4 is 19.9 Å². The number of barbiturate groups is 1. The third-order valence-electron chi connectivity index (χ3n) is 5.17. The lowest BCUT2D eigenvalue weighted by Gasteiger charge is -2.26. The highest BCUT2D eigenvalue weighted by Crippen LogP contribution is 2.25. The largest absolute Gasteiger partial charge is 0.489 e. The van der Waals surface area contributed by atoms with Gasteiger partial charge in [0.25, 0.3) is 11.8 Å². The highest BCUT2D eigenvalue weighted by molar-refractivity contribution is 6.39. The van der Waals surface area contributed by atoms with Crippen molar-refractivity contribution in [1.29, 1.82) is 0 Å². The summed E-state index contributed by atoms with van der Waals surface area (Å²) in [7, 11) is 3.85. The zero-order valence-electron chi connectivity index (χ0n) is 18.3. The first kappa shape index (κ1) is 21.8. The molecule has 1 aliphatic rings. The van der Waals surface area contributed by atoms with Gasteiger partial charge in [-0.2, -0.15) is 0 Å². The number of benzene rings is 3. The smallest absolute Gasteiger partial charge is 0.335 e. The Morgan fingerprint density at radius 1 is 0.879 bits per heavy atom. The Labute approximate surface area is 191 Å². The average Bonchev–Trinajstić information content (AvgIpc) is 2.82. The summed E-state index contributed by atoms with van der Waals surface area (Å²) >= 11 is 0. The first-order valence-corrected chi connectivity index (χ1v) is 10.4. The minimum Gasteiger partial charge on any atom is -0.489 e. The lowest BCUT2D eigenvalue weighted by molar-refractivity contribution is -0.122. The topological polar surface area (TPSA) is 79.0 Å². The molecule has 0 atom stereocenters. The third kappa shape index (κ3) is 4.93. The molecule has 1 fully saturated rings. The molecule has 7 nitrogen and oxygen atoms in total. The quantitative estimate of drug-likeness (QED) is 0.462. The number of hydrogen-bond donors (Lipinski definition) is 1. The summed E-state index contributed by atoms with van der Waals surface area (Å²) in [6.45, 7) is 0.400. The molecule has 0 bridgehead atoms. The molecule has 1 heterocycles. The van der Waals surface area contributed by atoms with E-state index in [-0.39, 0.29) is 5.57 Å². The van der Waals surface area contributed by atoms with Crippen molar-refractivity contribution in [3.8, 4) is 5.75 Å². The molecule has 0 radical (unpaired) electrons. The second-order valence-corrected chi connectivity index (χ2v) is 7.71. The number of nitrogens with zero attached hydrogens (tertiary/aromatic N) is 2. The van der Waals surface area contributed by atoms with Gasteiger partial charge in [0.1, 0.15) is 17.9 Å². The van der Waals surface area contributed by atoms with E-state index < -0.39 is 17.8 Å². The Morgan fingerprint density at radius 2 is 1.55 bits per heavy atom. The van der Waals surface area contributed by atoms with Crippen LogP contribution in [-0.4, -0.2) is 31.9 Å². The van der Waals surface area contributed by atoms with Gasteiger partial charge in [0, 0.05) is 19.8 Å². The van der Waals surface area contributed by atoms with Gasteiger partial charge in [-0.15, -0.1) is 0 Å². The number of amides is 4. The Bertz CT molecular complexity index is 1200. The summed E-state index contributed by atoms with van der Waals surface area (Å²) in [6, 6.07) is 22.9. The highest BCUT2D eigenvalue weighted by Gasteiger charge is 2.36. The van der Waals surface area contributed by atoms with Crippen LogP contribution in [0.2, 0.25) is 0 Å². The van der Waals surface area contributed by atoms with Crippen LogP contribution in [0.4, 0.5) is 16.2 Å². The number of ether oxygens (including phenoxy) is 1. The zero-order valence-corrected chi connectivity index (χ0v) is 18.3. The van der Waals surface area contributed by atoms with Crippen molar-refractivity contribution in [3.63, 3.8) is 0 Å². The van der Waals surface area contributed by atoms with Crippen molar-refractivity contribution >= 4 is 35.3 Å². The summed E-state index contributed by atoms with van der Waals surface area (Å²) in [5.74, 6) is -0.806. The van der Waals surface area contributed by atoms with E-state index in [0.29, 0.717) is 23.6 Å². The van der Waals surface area contributed by atoms with Crippen molar-refractivity contribution in [2.75, 3.05) is 23.9 Å². The number of hydrogen-bond acceptors (Lipinski definition) is 5. The third-order valence-corrected chi connectivity index (χ3v) is 5.17. The Kier molecular flexibility index (Phi) is 6.22. The van der Waals surface area contributed by atoms with Gasteiger partial charge in [0.2, 0.25) is 0 Å². The standard InChI is InChI=1S/C26H23N3O4/c1-28(2)20-10-8-18(9-11-20)16-23-24(30)27-26(32)29(25(23)31)21-12-14-22(15-13-21)33-17-19-6-4-3-5-7-19/h3-16H,17H2,1-2H3,(H,27,30,32)/b23-16+. The molecular formula is C26H23N3O4. The minimum atomic E-state index is -0.789. The molecule has 1 aliphatic heterocycles. The van der Waals surface area contributed by atoms with Gasteiger partial charge in [-0.05, 0) is 53.6 Å². The van der Waals surface area contributed by atoms with Crippen LogP contribution in [0.25, 0.3) is 6.08 Å². The van der Waals surface area contributed by atoms with E-state index in [2.05, 4.69) is 5.32 Å². The maximum absolute atomic E-state index is 13.1. The van der Waals surface area contributed by atoms with E-state index in [0.717, 1.165) is 16.2 Å². The molecule has 4 amide bonds. The van der Waals surface area contributed by atoms with Crippen LogP contribution in [-0.2, 0) is 16.2 Å². The van der Waals surface area contributed by atoms with Gasteiger partial charge in [0.05, 0.1) is 5.69 Å². The first-order valence-electron chi connectivity index (χ1n) is 10.4. The van der Waals surface area contributed by atoms with E-state index in [1.807, 2.05) is 73.6 Å². The second kappa shape index (κ2) is 9.40. The summed E-state index contributed by atoms with van der Waals surface area (Å²) in [5, 5.41) is 2.24. The molecule has 0 aromatic heterocycles. The van der Waals surface area contributed by atoms with Crippen LogP contribution in [0.5, 0.6) is 5.75 Å². The fraction of sp³-hybridized carbons (Fsp3) is 0.115. The number of carbonyl (C=O) groups excluding carboxylic acids is 3. The fourth-order valence-corrected chi connectivity index (χ4v) is 3.36. The molecular weight excluding hydrogens is 418 g/mol. The summed E-state index contributed by atoms with van der Waals surface area (Å²) in [5.41, 5.74) is 2.92. The number of imide groups is 2. The van der Waals surface area contributed by atoms with Crippen molar-refractivity contribution in [2.24, 2.45) is 0 Å². The zero-order chi connectivity index (χ0) is 23.4. The lowest BCUT2D eigenvalue weighted by Crippen LogP contribution is -2.54. The fourth-order valence-electron chi connectivity index (χ4n) is 3.36. The number of urea groups is 1. The number of rotatable bonds is 6. The molecule has 1 N–H and O–H groups in total. The van der Waals surface area contributed by atoms with Gasteiger partial charge in [-0.3, -0.25) is 14.9 Å². The first-order chi connectivity index (χ1) is 15.9. The van der Waals surface area contributed by atoms with E-state index in [1.165, 1.54) is 6.08 Å². The lowest BCUT2D eigenvalue weighted by atomic mass is 10.1. The van der Waals surface area contributed by atoms with E-state index in [1.54, 1.807) is 24.3 Å². The number of carbonyl (C=O) groups is 3. The van der Waals surface area contributed by atoms with Gasteiger partial charge >= 0.3 is 6.03 Å². The number of nitrogens with one attached hydrogen (secondary N) is 1. The Hall–Kier alpha value is -4.39. The maximum Gasteiger partial charge on any atom is 0.335 e. The van der Waals surface area contributed by atoms with Crippen molar-refractivity contribution < 1.29 is 19.1 Å². The molecule has 1 saturated heterocycles. The van der Waals surface area contributed by atoms with Gasteiger partial charge in [-0.25, -0.2) is 9.69 Å². The van der Waals surface area contributed by atoms with Gasteiger partial charge in [-0.1, -0.05) is 42.5 Å². The summed E-state index contributed by atoms with van der Waals surface area (Å²) < 4.78 is 5.76. The molecule has 7 heteroatoms. The van der Waals surface area contributed by atoms with Crippen LogP contribution >= 0.6 is 0 Å². The van der Waals surface area contributed by atoms with E-state index in [9.17, 15) is 14.4 Å². The minimum absolute atomic E-state index is 0.114. The SMILES string of the molecule is CN(C)c1ccc(/C=C2\C(=O)NC(=O)N(c3ccc(OCc4ccccc4)cc3)C2=O)cc1. The van der Waals surface area contributed by atoms with Crippen molar-refractivity contribution in [1.82, 2.24) is 5.32 Å². The van der Waals surface area contributed by atoms with E-state index >= 15 is 0 Å². The molecule has 4 rings (SSSR count). The average molecular weight is 441 g/mol. The van der Waals surface area contributed by atoms with Crippen LogP contribution in [0.1, 0.15) is 11.1 Å². The van der Waals surface area contributed by atoms with E-state index in [4.69, 9.17) is 4.74 Å². The second-order valence-electron chi connectivity index (χ2n) is 7.71. The predicted octanol–water partition coefficient (Wildman–Crippen LogP) is 4.00. The Balaban J connectivity index is 1.52. The van der Waals surface area contributed by atoms with Crippen molar-refractivity contribution in [2.45, 2.75) is 6.61 Å². The normalized spacial score (nSPS) is 14.9. The molecule has 0 aliphatic carbocycles. The Morgan fingerprint density at radius 3 is 2.18 bits per heavy atom. The summed E-state index contributed by atoms with van der Waals surface area (Å²) in [4.78, 5) is 40.8. The molecule has 0 spiro atoms. The van der Waals surface area contributed by atoms with Crippen LogP contribution in [0.3, 0.4) is 0 Å². The van der Waals surface area contributed by atoms with Crippen LogP contribution in [0.15, 0.2) is 84.4 Å². The van der Waals surface area contributed by atoms with Gasteiger partial charge in [0.15, 0.2) is 0 Å². The molecule has 166 valence electrons. The maximum atomic E-state index is 13.1. The number of anilines is 2. The van der Waals surface area contributed by atoms with Crippen molar-refractivity contribution in [3.05, 3.63) is 95.6 Å². The molecule has 33 heavy (non-hydrogen) atoms. The van der Waals surface area contributed by atoms with Crippen LogP contribution in [0, 0.1) is 0 Å². The predicted molar refractivity (Wildman–Crippen MR) is 127 cm³/mol. The molecule has 0 unspecified atom stereocenters.